The van der Waals surface area contributed by atoms with Gasteiger partial charge in [0.05, 0.1) is 28.4 Å². The van der Waals surface area contributed by atoms with Crippen LogP contribution in [0.3, 0.4) is 0 Å². The Hall–Kier alpha value is -6.66. The molecule has 0 unspecified atom stereocenters. The first-order valence-electron chi connectivity index (χ1n) is 21.8. The number of fused-ring (bicyclic) bond motifs is 10. The van der Waals surface area contributed by atoms with Gasteiger partial charge in [-0.3, -0.25) is 0 Å². The van der Waals surface area contributed by atoms with Gasteiger partial charge in [-0.15, -0.1) is 0 Å². The molecular weight excluding hydrogens is 781 g/mol. The highest BCUT2D eigenvalue weighted by molar-refractivity contribution is 6.11. The Morgan fingerprint density at radius 1 is 0.492 bits per heavy atom. The molecule has 7 aromatic rings. The summed E-state index contributed by atoms with van der Waals surface area (Å²) >= 11 is 0. The Morgan fingerprint density at radius 3 is 1.71 bits per heavy atom. The average Bonchev–Trinajstić information content (AvgIpc) is 3.55. The third kappa shape index (κ3) is 6.61. The van der Waals surface area contributed by atoms with Crippen LogP contribution in [0.25, 0.3) is 39.1 Å². The molecule has 63 heavy (non-hydrogen) atoms. The zero-order valence-corrected chi connectivity index (χ0v) is 37.4. The molecule has 10 rings (SSSR count). The lowest BCUT2D eigenvalue weighted by Crippen LogP contribution is -2.44. The molecule has 2 aliphatic carbocycles. The minimum atomic E-state index is -1.01. The molecule has 0 bridgehead atoms. The van der Waals surface area contributed by atoms with Gasteiger partial charge in [0.15, 0.2) is 5.60 Å². The van der Waals surface area contributed by atoms with E-state index in [1.54, 1.807) is 28.4 Å². The van der Waals surface area contributed by atoms with Gasteiger partial charge in [-0.1, -0.05) is 101 Å². The fourth-order valence-electron chi connectivity index (χ4n) is 11.8. The van der Waals surface area contributed by atoms with Crippen molar-refractivity contribution in [2.24, 2.45) is 10.8 Å². The average molecular weight is 835 g/mol. The minimum Gasteiger partial charge on any atom is -0.497 e. The largest absolute Gasteiger partial charge is 0.497 e. The van der Waals surface area contributed by atoms with Gasteiger partial charge in [0.1, 0.15) is 40.2 Å². The van der Waals surface area contributed by atoms with Crippen LogP contribution in [0, 0.1) is 10.8 Å². The van der Waals surface area contributed by atoms with Gasteiger partial charge >= 0.3 is 0 Å². The van der Waals surface area contributed by atoms with Crippen molar-refractivity contribution in [3.8, 4) is 62.5 Å². The van der Waals surface area contributed by atoms with E-state index in [9.17, 15) is 0 Å². The molecule has 318 valence electrons. The molecule has 1 aliphatic heterocycles. The summed E-state index contributed by atoms with van der Waals surface area (Å²) < 4.78 is 37.9. The molecule has 1 spiro atoms. The molecule has 7 aromatic carbocycles. The number of methoxy groups -OCH3 is 4. The van der Waals surface area contributed by atoms with E-state index in [-0.39, 0.29) is 16.2 Å². The van der Waals surface area contributed by atoms with Crippen LogP contribution in [0.4, 0.5) is 0 Å². The second kappa shape index (κ2) is 15.0. The van der Waals surface area contributed by atoms with Gasteiger partial charge in [-0.25, -0.2) is 0 Å². The monoisotopic (exact) mass is 834 g/mol. The summed E-state index contributed by atoms with van der Waals surface area (Å²) in [6.07, 6.45) is 7.78. The summed E-state index contributed by atoms with van der Waals surface area (Å²) in [5.74, 6) is 5.21. The first-order chi connectivity index (χ1) is 30.4. The predicted octanol–water partition coefficient (Wildman–Crippen LogP) is 14.2. The fourth-order valence-corrected chi connectivity index (χ4v) is 11.8. The van der Waals surface area contributed by atoms with Crippen molar-refractivity contribution >= 4 is 16.8 Å². The zero-order chi connectivity index (χ0) is 43.7. The highest BCUT2D eigenvalue weighted by Gasteiger charge is 2.55. The number of hydrogen-bond donors (Lipinski definition) is 0. The molecule has 0 amide bonds. The first kappa shape index (κ1) is 40.4. The van der Waals surface area contributed by atoms with Crippen molar-refractivity contribution < 1.29 is 28.4 Å². The summed E-state index contributed by atoms with van der Waals surface area (Å²) in [5.41, 5.74) is 8.90. The van der Waals surface area contributed by atoms with Crippen LogP contribution < -0.4 is 28.4 Å². The second-order valence-corrected chi connectivity index (χ2v) is 19.0. The third-order valence-corrected chi connectivity index (χ3v) is 13.6. The van der Waals surface area contributed by atoms with Crippen LogP contribution in [0.15, 0.2) is 140 Å². The molecule has 0 atom stereocenters. The second-order valence-electron chi connectivity index (χ2n) is 19.0. The Bertz CT molecular complexity index is 2840. The maximum absolute atomic E-state index is 7.90. The van der Waals surface area contributed by atoms with Crippen LogP contribution in [-0.2, 0) is 11.0 Å². The lowest BCUT2D eigenvalue weighted by molar-refractivity contribution is 0.0642. The summed E-state index contributed by atoms with van der Waals surface area (Å²) in [7, 11) is 6.76. The van der Waals surface area contributed by atoms with Gasteiger partial charge in [0.2, 0.25) is 0 Å². The Morgan fingerprint density at radius 2 is 1.10 bits per heavy atom. The van der Waals surface area contributed by atoms with Crippen molar-refractivity contribution in [3.05, 3.63) is 167 Å². The SMILES string of the molecule is COc1ccc(C2(c3ccc(OC)cc3)C=Cc3c4c(c5cc(Oc6ccccc6)c(-c6ccc(OC)cc6OC)cc5c3O2)-c2ccccc2C42CC(C)(C)CC(C)(C)C2)cc1. The van der Waals surface area contributed by atoms with E-state index in [0.717, 1.165) is 80.9 Å². The summed E-state index contributed by atoms with van der Waals surface area (Å²) in [6, 6.07) is 46.0. The van der Waals surface area contributed by atoms with E-state index < -0.39 is 5.60 Å². The highest BCUT2D eigenvalue weighted by atomic mass is 16.5. The van der Waals surface area contributed by atoms with E-state index in [1.165, 1.54) is 22.3 Å². The van der Waals surface area contributed by atoms with Crippen molar-refractivity contribution in [1.29, 1.82) is 0 Å². The van der Waals surface area contributed by atoms with Crippen molar-refractivity contribution in [1.82, 2.24) is 0 Å². The normalized spacial score (nSPS) is 17.0. The van der Waals surface area contributed by atoms with E-state index in [2.05, 4.69) is 101 Å². The number of hydrogen-bond acceptors (Lipinski definition) is 6. The highest BCUT2D eigenvalue weighted by Crippen LogP contribution is 2.67. The van der Waals surface area contributed by atoms with Crippen LogP contribution in [0.5, 0.6) is 40.2 Å². The molecule has 0 radical (unpaired) electrons. The zero-order valence-electron chi connectivity index (χ0n) is 37.4. The maximum atomic E-state index is 7.90. The van der Waals surface area contributed by atoms with Crippen molar-refractivity contribution in [3.63, 3.8) is 0 Å². The van der Waals surface area contributed by atoms with Crippen LogP contribution in [0.2, 0.25) is 0 Å². The summed E-state index contributed by atoms with van der Waals surface area (Å²) in [6.45, 7) is 9.81. The topological polar surface area (TPSA) is 55.4 Å². The lowest BCUT2D eigenvalue weighted by Gasteiger charge is -2.52. The smallest absolute Gasteiger partial charge is 0.178 e. The van der Waals surface area contributed by atoms with Crippen LogP contribution >= 0.6 is 0 Å². The van der Waals surface area contributed by atoms with E-state index in [4.69, 9.17) is 28.4 Å². The van der Waals surface area contributed by atoms with Gasteiger partial charge < -0.3 is 28.4 Å². The standard InChI is InChI=1S/C57H54O6/c1-54(2)33-55(3,4)35-56(34-54)48-17-13-12-16-43(48)51-46-32-50(62-40-14-10-9-11-15-40)45(42-27-26-41(60-7)30-49(42)61-8)31-47(46)53-44(52(51)56)28-29-57(63-53,36-18-22-38(58-5)23-19-36)37-20-24-39(59-6)25-21-37/h9-32H,33-35H2,1-8H3. The van der Waals surface area contributed by atoms with Crippen molar-refractivity contribution in [2.75, 3.05) is 28.4 Å². The predicted molar refractivity (Wildman–Crippen MR) is 253 cm³/mol. The van der Waals surface area contributed by atoms with Gasteiger partial charge in [-0.2, -0.15) is 0 Å². The molecule has 0 aromatic heterocycles. The molecule has 1 saturated carbocycles. The molecule has 6 heteroatoms. The molecule has 6 nitrogen and oxygen atoms in total. The summed E-state index contributed by atoms with van der Waals surface area (Å²) in [4.78, 5) is 0. The van der Waals surface area contributed by atoms with Crippen LogP contribution in [-0.4, -0.2) is 28.4 Å². The maximum Gasteiger partial charge on any atom is 0.178 e. The number of rotatable bonds is 9. The van der Waals surface area contributed by atoms with Gasteiger partial charge in [0, 0.05) is 44.7 Å². The van der Waals surface area contributed by atoms with E-state index in [0.29, 0.717) is 17.2 Å². The summed E-state index contributed by atoms with van der Waals surface area (Å²) in [5, 5.41) is 2.05. The Kier molecular flexibility index (Phi) is 9.63. The first-order valence-corrected chi connectivity index (χ1v) is 21.8. The third-order valence-electron chi connectivity index (χ3n) is 13.6. The molecule has 0 N–H and O–H groups in total. The number of benzene rings is 7. The van der Waals surface area contributed by atoms with Gasteiger partial charge in [0.25, 0.3) is 0 Å². The fraction of sp³-hybridized carbons (Fsp3) is 0.263. The number of para-hydroxylation sites is 1. The molecule has 1 fully saturated rings. The lowest BCUT2D eigenvalue weighted by atomic mass is 9.52. The van der Waals surface area contributed by atoms with E-state index in [1.807, 2.05) is 72.8 Å². The molecular formula is C57H54O6. The quantitative estimate of drug-likeness (QED) is 0.144. The van der Waals surface area contributed by atoms with Gasteiger partial charge in [-0.05, 0) is 124 Å². The van der Waals surface area contributed by atoms with E-state index >= 15 is 0 Å². The number of ether oxygens (including phenoxy) is 6. The minimum absolute atomic E-state index is 0.0733. The molecule has 1 heterocycles. The Labute approximate surface area is 371 Å². The molecule has 3 aliphatic rings. The Balaban J connectivity index is 1.35. The molecule has 0 saturated heterocycles. The van der Waals surface area contributed by atoms with Crippen molar-refractivity contribution in [2.45, 2.75) is 58.0 Å². The van der Waals surface area contributed by atoms with Crippen LogP contribution in [0.1, 0.15) is 74.8 Å².